The molecule has 2 rings (SSSR count). The molecule has 2 N–H and O–H groups in total. The second-order valence-corrected chi connectivity index (χ2v) is 8.10. The van der Waals surface area contributed by atoms with E-state index in [0.717, 1.165) is 0 Å². The first-order valence-electron chi connectivity index (χ1n) is 8.53. The van der Waals surface area contributed by atoms with E-state index in [2.05, 4.69) is 10.0 Å². The number of amides is 1. The maximum atomic E-state index is 12.8. The number of sulfonamides is 1. The van der Waals surface area contributed by atoms with Gasteiger partial charge in [-0.25, -0.2) is 13.1 Å². The van der Waals surface area contributed by atoms with Gasteiger partial charge in [0.05, 0.1) is 24.7 Å². The number of carbonyl (C=O) groups excluding carboxylic acids is 1. The van der Waals surface area contributed by atoms with E-state index >= 15 is 0 Å². The van der Waals surface area contributed by atoms with Crippen LogP contribution in [0, 0.1) is 0 Å². The topological polar surface area (TPSA) is 93.7 Å². The van der Waals surface area contributed by atoms with E-state index in [0.29, 0.717) is 29.5 Å². The molecule has 2 aromatic rings. The maximum Gasteiger partial charge on any atom is 0.241 e. The molecule has 0 aliphatic heterocycles. The summed E-state index contributed by atoms with van der Waals surface area (Å²) in [5, 5.41) is 3.13. The number of ether oxygens (including phenoxy) is 2. The molecule has 0 aromatic heterocycles. The molecule has 0 fully saturated rings. The fourth-order valence-electron chi connectivity index (χ4n) is 2.48. The van der Waals surface area contributed by atoms with Crippen LogP contribution in [0.15, 0.2) is 53.4 Å². The molecule has 2 aromatic carbocycles. The van der Waals surface area contributed by atoms with Crippen molar-refractivity contribution >= 4 is 27.5 Å². The molecule has 28 heavy (non-hydrogen) atoms. The monoisotopic (exact) mass is 426 g/mol. The summed E-state index contributed by atoms with van der Waals surface area (Å²) in [6.45, 7) is 0.712. The van der Waals surface area contributed by atoms with E-state index < -0.39 is 16.1 Å². The van der Waals surface area contributed by atoms with Crippen LogP contribution >= 0.6 is 11.6 Å². The zero-order valence-electron chi connectivity index (χ0n) is 15.6. The minimum Gasteiger partial charge on any atom is -0.497 e. The molecule has 152 valence electrons. The fraction of sp³-hybridized carbons (Fsp3) is 0.316. The first-order valence-corrected chi connectivity index (χ1v) is 10.4. The zero-order valence-corrected chi connectivity index (χ0v) is 17.2. The third kappa shape index (κ3) is 6.49. The number of nitrogens with one attached hydrogen (secondary N) is 2. The highest BCUT2D eigenvalue weighted by Crippen LogP contribution is 2.23. The molecule has 1 unspecified atom stereocenters. The summed E-state index contributed by atoms with van der Waals surface area (Å²) in [4.78, 5) is 12.3. The van der Waals surface area contributed by atoms with Gasteiger partial charge in [0, 0.05) is 25.1 Å². The third-order valence-corrected chi connectivity index (χ3v) is 5.70. The number of methoxy groups -OCH3 is 2. The molecule has 1 atom stereocenters. The number of carbonyl (C=O) groups is 1. The lowest BCUT2D eigenvalue weighted by atomic mass is 10.0. The van der Waals surface area contributed by atoms with Crippen LogP contribution in [-0.2, 0) is 19.6 Å². The molecule has 0 saturated carbocycles. The molecule has 0 spiro atoms. The van der Waals surface area contributed by atoms with E-state index in [-0.39, 0.29) is 17.2 Å². The average molecular weight is 427 g/mol. The van der Waals surface area contributed by atoms with Crippen molar-refractivity contribution in [1.82, 2.24) is 10.0 Å². The van der Waals surface area contributed by atoms with Crippen molar-refractivity contribution in [2.75, 3.05) is 27.4 Å². The van der Waals surface area contributed by atoms with Gasteiger partial charge < -0.3 is 14.8 Å². The van der Waals surface area contributed by atoms with Gasteiger partial charge in [-0.15, -0.1) is 0 Å². The summed E-state index contributed by atoms with van der Waals surface area (Å²) in [5.74, 6) is 0.337. The van der Waals surface area contributed by atoms with Crippen LogP contribution in [0.3, 0.4) is 0 Å². The Morgan fingerprint density at radius 3 is 2.29 bits per heavy atom. The fourth-order valence-corrected chi connectivity index (χ4v) is 3.83. The zero-order chi connectivity index (χ0) is 20.6. The molecule has 0 aliphatic rings. The van der Waals surface area contributed by atoms with E-state index in [1.165, 1.54) is 31.4 Å². The molecule has 0 heterocycles. The lowest BCUT2D eigenvalue weighted by Crippen LogP contribution is -2.34. The summed E-state index contributed by atoms with van der Waals surface area (Å²) in [5.41, 5.74) is 0.639. The van der Waals surface area contributed by atoms with E-state index in [1.54, 1.807) is 31.4 Å². The first-order chi connectivity index (χ1) is 13.4. The summed E-state index contributed by atoms with van der Waals surface area (Å²) in [6, 6.07) is 11.9. The van der Waals surface area contributed by atoms with Crippen LogP contribution in [0.4, 0.5) is 0 Å². The second kappa shape index (κ2) is 10.4. The third-order valence-electron chi connectivity index (χ3n) is 3.96. The van der Waals surface area contributed by atoms with Gasteiger partial charge in [-0.3, -0.25) is 4.79 Å². The molecule has 1 amide bonds. The summed E-state index contributed by atoms with van der Waals surface area (Å²) in [6.07, 6.45) is -0.0666. The Hall–Kier alpha value is -2.13. The van der Waals surface area contributed by atoms with Gasteiger partial charge in [-0.2, -0.15) is 0 Å². The number of rotatable bonds is 10. The van der Waals surface area contributed by atoms with Crippen molar-refractivity contribution in [3.8, 4) is 5.75 Å². The van der Waals surface area contributed by atoms with Crippen molar-refractivity contribution < 1.29 is 22.7 Å². The number of halogens is 1. The van der Waals surface area contributed by atoms with Gasteiger partial charge in [-0.1, -0.05) is 23.7 Å². The van der Waals surface area contributed by atoms with Crippen molar-refractivity contribution in [3.63, 3.8) is 0 Å². The Morgan fingerprint density at radius 1 is 1.07 bits per heavy atom. The van der Waals surface area contributed by atoms with Gasteiger partial charge >= 0.3 is 0 Å². The van der Waals surface area contributed by atoms with Crippen LogP contribution in [-0.4, -0.2) is 41.7 Å². The smallest absolute Gasteiger partial charge is 0.241 e. The SMILES string of the molecule is COCCNC(=O)CC(NS(=O)(=O)c1ccc(Cl)cc1)c1ccc(OC)cc1. The van der Waals surface area contributed by atoms with E-state index in [1.807, 2.05) is 0 Å². The highest BCUT2D eigenvalue weighted by Gasteiger charge is 2.24. The van der Waals surface area contributed by atoms with Crippen molar-refractivity contribution in [2.45, 2.75) is 17.4 Å². The van der Waals surface area contributed by atoms with Gasteiger partial charge in [0.2, 0.25) is 15.9 Å². The largest absolute Gasteiger partial charge is 0.497 e. The Bertz CT molecular complexity index is 870. The van der Waals surface area contributed by atoms with E-state index in [9.17, 15) is 13.2 Å². The minimum absolute atomic E-state index is 0.0650. The van der Waals surface area contributed by atoms with Crippen LogP contribution in [0.2, 0.25) is 5.02 Å². The highest BCUT2D eigenvalue weighted by molar-refractivity contribution is 7.89. The molecule has 9 heteroatoms. The predicted molar refractivity (Wildman–Crippen MR) is 107 cm³/mol. The maximum absolute atomic E-state index is 12.8. The molecule has 0 bridgehead atoms. The summed E-state index contributed by atoms with van der Waals surface area (Å²) in [7, 11) is -0.781. The standard InChI is InChI=1S/C19H23ClN2O5S/c1-26-12-11-21-19(23)13-18(14-3-7-16(27-2)8-4-14)22-28(24,25)17-9-5-15(20)6-10-17/h3-10,18,22H,11-13H2,1-2H3,(H,21,23). The Morgan fingerprint density at radius 2 is 1.71 bits per heavy atom. The Labute approximate surface area is 170 Å². The molecular weight excluding hydrogens is 404 g/mol. The van der Waals surface area contributed by atoms with Gasteiger partial charge in [0.1, 0.15) is 5.75 Å². The Balaban J connectivity index is 2.23. The minimum atomic E-state index is -3.86. The molecule has 0 saturated heterocycles. The number of benzene rings is 2. The van der Waals surface area contributed by atoms with Gasteiger partial charge in [0.25, 0.3) is 0 Å². The van der Waals surface area contributed by atoms with Gasteiger partial charge in [-0.05, 0) is 42.0 Å². The molecule has 7 nitrogen and oxygen atoms in total. The highest BCUT2D eigenvalue weighted by atomic mass is 35.5. The molecule has 0 radical (unpaired) electrons. The van der Waals surface area contributed by atoms with E-state index in [4.69, 9.17) is 21.1 Å². The summed E-state index contributed by atoms with van der Waals surface area (Å²) >= 11 is 5.83. The molecule has 0 aliphatic carbocycles. The van der Waals surface area contributed by atoms with Crippen molar-refractivity contribution in [3.05, 3.63) is 59.1 Å². The van der Waals surface area contributed by atoms with Crippen molar-refractivity contribution in [1.29, 1.82) is 0 Å². The average Bonchev–Trinajstić information content (AvgIpc) is 2.68. The quantitative estimate of drug-likeness (QED) is 0.569. The van der Waals surface area contributed by atoms with Crippen LogP contribution in [0.1, 0.15) is 18.0 Å². The summed E-state index contributed by atoms with van der Waals surface area (Å²) < 4.78 is 38.2. The predicted octanol–water partition coefficient (Wildman–Crippen LogP) is 2.52. The van der Waals surface area contributed by atoms with Crippen molar-refractivity contribution in [2.24, 2.45) is 0 Å². The number of hydrogen-bond donors (Lipinski definition) is 2. The van der Waals surface area contributed by atoms with Crippen LogP contribution in [0.25, 0.3) is 0 Å². The molecular formula is C19H23ClN2O5S. The lowest BCUT2D eigenvalue weighted by molar-refractivity contribution is -0.121. The number of hydrogen-bond acceptors (Lipinski definition) is 5. The normalized spacial score (nSPS) is 12.4. The van der Waals surface area contributed by atoms with Gasteiger partial charge in [0.15, 0.2) is 0 Å². The van der Waals surface area contributed by atoms with Crippen LogP contribution < -0.4 is 14.8 Å². The van der Waals surface area contributed by atoms with Crippen LogP contribution in [0.5, 0.6) is 5.75 Å². The first kappa shape index (κ1) is 22.2. The Kier molecular flexibility index (Phi) is 8.25. The lowest BCUT2D eigenvalue weighted by Gasteiger charge is -2.19. The second-order valence-electron chi connectivity index (χ2n) is 5.95.